The minimum absolute atomic E-state index is 0.0901. The standard InChI is InChI=1S/C15H21NO3/c1-4-19-15(17)13-9-16-8-12(13)11-5-6-14(18-3)10(2)7-11/h5-7,12-13,16H,4,8-9H2,1-3H3. The van der Waals surface area contributed by atoms with Gasteiger partial charge < -0.3 is 14.8 Å². The maximum absolute atomic E-state index is 12.0. The van der Waals surface area contributed by atoms with Gasteiger partial charge in [0.2, 0.25) is 0 Å². The summed E-state index contributed by atoms with van der Waals surface area (Å²) in [6, 6.07) is 6.10. The molecule has 4 nitrogen and oxygen atoms in total. The number of nitrogens with one attached hydrogen (secondary N) is 1. The SMILES string of the molecule is CCOC(=O)C1CNCC1c1ccc(OC)c(C)c1. The molecule has 1 N–H and O–H groups in total. The third-order valence-corrected chi connectivity index (χ3v) is 3.65. The first-order valence-corrected chi connectivity index (χ1v) is 6.69. The Labute approximate surface area is 114 Å². The van der Waals surface area contributed by atoms with Crippen molar-refractivity contribution in [3.63, 3.8) is 0 Å². The van der Waals surface area contributed by atoms with Gasteiger partial charge in [0, 0.05) is 19.0 Å². The van der Waals surface area contributed by atoms with Crippen LogP contribution >= 0.6 is 0 Å². The van der Waals surface area contributed by atoms with E-state index in [2.05, 4.69) is 11.4 Å². The smallest absolute Gasteiger partial charge is 0.310 e. The van der Waals surface area contributed by atoms with Crippen molar-refractivity contribution in [3.05, 3.63) is 29.3 Å². The highest BCUT2D eigenvalue weighted by molar-refractivity contribution is 5.74. The number of hydrogen-bond donors (Lipinski definition) is 1. The van der Waals surface area contributed by atoms with Crippen molar-refractivity contribution < 1.29 is 14.3 Å². The van der Waals surface area contributed by atoms with Gasteiger partial charge in [0.25, 0.3) is 0 Å². The first kappa shape index (κ1) is 13.9. The highest BCUT2D eigenvalue weighted by atomic mass is 16.5. The molecule has 0 spiro atoms. The summed E-state index contributed by atoms with van der Waals surface area (Å²) in [6.07, 6.45) is 0. The predicted molar refractivity (Wildman–Crippen MR) is 73.5 cm³/mol. The van der Waals surface area contributed by atoms with E-state index in [1.807, 2.05) is 26.0 Å². The molecule has 1 aromatic rings. The lowest BCUT2D eigenvalue weighted by Crippen LogP contribution is -2.24. The maximum Gasteiger partial charge on any atom is 0.310 e. The molecule has 2 rings (SSSR count). The van der Waals surface area contributed by atoms with E-state index in [-0.39, 0.29) is 17.8 Å². The molecule has 1 aromatic carbocycles. The summed E-state index contributed by atoms with van der Waals surface area (Å²) >= 11 is 0. The fourth-order valence-corrected chi connectivity index (χ4v) is 2.66. The van der Waals surface area contributed by atoms with Crippen molar-refractivity contribution in [2.75, 3.05) is 26.8 Å². The van der Waals surface area contributed by atoms with Gasteiger partial charge in [-0.2, -0.15) is 0 Å². The van der Waals surface area contributed by atoms with Crippen molar-refractivity contribution in [1.82, 2.24) is 5.32 Å². The third-order valence-electron chi connectivity index (χ3n) is 3.65. The van der Waals surface area contributed by atoms with E-state index in [1.54, 1.807) is 7.11 Å². The number of aryl methyl sites for hydroxylation is 1. The summed E-state index contributed by atoms with van der Waals surface area (Å²) in [6.45, 7) is 5.80. The van der Waals surface area contributed by atoms with Gasteiger partial charge in [-0.3, -0.25) is 4.79 Å². The van der Waals surface area contributed by atoms with E-state index >= 15 is 0 Å². The van der Waals surface area contributed by atoms with Gasteiger partial charge in [-0.05, 0) is 31.0 Å². The molecular weight excluding hydrogens is 242 g/mol. The highest BCUT2D eigenvalue weighted by Crippen LogP contribution is 2.31. The molecule has 0 aromatic heterocycles. The Kier molecular flexibility index (Phi) is 4.43. The maximum atomic E-state index is 12.0. The molecule has 0 radical (unpaired) electrons. The Morgan fingerprint density at radius 3 is 2.84 bits per heavy atom. The molecule has 0 bridgehead atoms. The number of rotatable bonds is 4. The molecule has 2 atom stereocenters. The molecule has 0 saturated carbocycles. The van der Waals surface area contributed by atoms with Gasteiger partial charge in [-0.1, -0.05) is 12.1 Å². The van der Waals surface area contributed by atoms with Crippen molar-refractivity contribution in [3.8, 4) is 5.75 Å². The second kappa shape index (κ2) is 6.06. The first-order valence-electron chi connectivity index (χ1n) is 6.69. The Morgan fingerprint density at radius 1 is 1.42 bits per heavy atom. The van der Waals surface area contributed by atoms with Crippen LogP contribution in [0.5, 0.6) is 5.75 Å². The summed E-state index contributed by atoms with van der Waals surface area (Å²) in [5.41, 5.74) is 2.26. The molecule has 1 aliphatic rings. The third kappa shape index (κ3) is 2.89. The van der Waals surface area contributed by atoms with Gasteiger partial charge in [0.15, 0.2) is 0 Å². The topological polar surface area (TPSA) is 47.6 Å². The number of hydrogen-bond acceptors (Lipinski definition) is 4. The fourth-order valence-electron chi connectivity index (χ4n) is 2.66. The molecule has 1 aliphatic heterocycles. The van der Waals surface area contributed by atoms with E-state index < -0.39 is 0 Å². The van der Waals surface area contributed by atoms with Gasteiger partial charge >= 0.3 is 5.97 Å². The molecule has 1 heterocycles. The van der Waals surface area contributed by atoms with Crippen LogP contribution in [-0.2, 0) is 9.53 Å². The molecule has 19 heavy (non-hydrogen) atoms. The molecule has 1 fully saturated rings. The second-order valence-electron chi connectivity index (χ2n) is 4.85. The predicted octanol–water partition coefficient (Wildman–Crippen LogP) is 1.87. The van der Waals surface area contributed by atoms with Crippen molar-refractivity contribution in [2.24, 2.45) is 5.92 Å². The zero-order valence-corrected chi connectivity index (χ0v) is 11.7. The average Bonchev–Trinajstić information content (AvgIpc) is 2.88. The molecule has 4 heteroatoms. The van der Waals surface area contributed by atoms with Gasteiger partial charge in [0.05, 0.1) is 19.6 Å². The van der Waals surface area contributed by atoms with E-state index in [9.17, 15) is 4.79 Å². The number of benzene rings is 1. The summed E-state index contributed by atoms with van der Waals surface area (Å²) in [4.78, 5) is 12.0. The normalized spacial score (nSPS) is 22.3. The van der Waals surface area contributed by atoms with Gasteiger partial charge in [0.1, 0.15) is 5.75 Å². The van der Waals surface area contributed by atoms with Crippen LogP contribution in [0.25, 0.3) is 0 Å². The molecule has 0 amide bonds. The van der Waals surface area contributed by atoms with Gasteiger partial charge in [-0.25, -0.2) is 0 Å². The lowest BCUT2D eigenvalue weighted by atomic mass is 9.88. The van der Waals surface area contributed by atoms with Crippen LogP contribution in [0.4, 0.5) is 0 Å². The van der Waals surface area contributed by atoms with Crippen LogP contribution in [0, 0.1) is 12.8 Å². The largest absolute Gasteiger partial charge is 0.496 e. The molecule has 104 valence electrons. The summed E-state index contributed by atoms with van der Waals surface area (Å²) in [5, 5.41) is 3.28. The Bertz CT molecular complexity index is 459. The minimum atomic E-state index is -0.106. The zero-order valence-electron chi connectivity index (χ0n) is 11.7. The minimum Gasteiger partial charge on any atom is -0.496 e. The monoisotopic (exact) mass is 263 g/mol. The molecule has 0 aliphatic carbocycles. The van der Waals surface area contributed by atoms with Crippen molar-refractivity contribution in [2.45, 2.75) is 19.8 Å². The number of methoxy groups -OCH3 is 1. The summed E-state index contributed by atoms with van der Waals surface area (Å²) in [5.74, 6) is 0.866. The lowest BCUT2D eigenvalue weighted by Gasteiger charge is -2.18. The van der Waals surface area contributed by atoms with E-state index in [0.717, 1.165) is 17.9 Å². The summed E-state index contributed by atoms with van der Waals surface area (Å²) in [7, 11) is 1.67. The number of ether oxygens (including phenoxy) is 2. The summed E-state index contributed by atoms with van der Waals surface area (Å²) < 4.78 is 10.4. The number of esters is 1. The van der Waals surface area contributed by atoms with Gasteiger partial charge in [-0.15, -0.1) is 0 Å². The number of carbonyl (C=O) groups excluding carboxylic acids is 1. The van der Waals surface area contributed by atoms with Crippen molar-refractivity contribution >= 4 is 5.97 Å². The van der Waals surface area contributed by atoms with E-state index in [4.69, 9.17) is 9.47 Å². The lowest BCUT2D eigenvalue weighted by molar-refractivity contribution is -0.147. The second-order valence-corrected chi connectivity index (χ2v) is 4.85. The Hall–Kier alpha value is -1.55. The van der Waals surface area contributed by atoms with Crippen LogP contribution in [0.3, 0.4) is 0 Å². The quantitative estimate of drug-likeness (QED) is 0.842. The van der Waals surface area contributed by atoms with E-state index in [0.29, 0.717) is 13.2 Å². The van der Waals surface area contributed by atoms with Crippen LogP contribution in [-0.4, -0.2) is 32.8 Å². The molecule has 2 unspecified atom stereocenters. The Balaban J connectivity index is 2.20. The highest BCUT2D eigenvalue weighted by Gasteiger charge is 2.35. The molecule has 1 saturated heterocycles. The Morgan fingerprint density at radius 2 is 2.21 bits per heavy atom. The van der Waals surface area contributed by atoms with Crippen LogP contribution in [0.2, 0.25) is 0 Å². The van der Waals surface area contributed by atoms with Crippen LogP contribution < -0.4 is 10.1 Å². The molecular formula is C15H21NO3. The first-order chi connectivity index (χ1) is 9.17. The van der Waals surface area contributed by atoms with E-state index in [1.165, 1.54) is 5.56 Å². The van der Waals surface area contributed by atoms with Crippen molar-refractivity contribution in [1.29, 1.82) is 0 Å². The average molecular weight is 263 g/mol. The van der Waals surface area contributed by atoms with Crippen LogP contribution in [0.1, 0.15) is 24.0 Å². The fraction of sp³-hybridized carbons (Fsp3) is 0.533. The number of carbonyl (C=O) groups is 1. The van der Waals surface area contributed by atoms with Crippen LogP contribution in [0.15, 0.2) is 18.2 Å². The zero-order chi connectivity index (χ0) is 13.8.